The minimum atomic E-state index is -0.142. The van der Waals surface area contributed by atoms with E-state index >= 15 is 0 Å². The molecule has 1 saturated heterocycles. The van der Waals surface area contributed by atoms with Crippen molar-refractivity contribution in [3.63, 3.8) is 0 Å². The molecule has 0 atom stereocenters. The number of nitrogen functional groups attached to an aromatic ring is 1. The van der Waals surface area contributed by atoms with Crippen molar-refractivity contribution in [2.45, 2.75) is 18.9 Å². The number of carbonyl (C=O) groups excluding carboxylic acids is 1. The molecule has 1 fully saturated rings. The Labute approximate surface area is 99.8 Å². The first-order chi connectivity index (χ1) is 8.18. The van der Waals surface area contributed by atoms with Gasteiger partial charge in [-0.05, 0) is 12.8 Å². The summed E-state index contributed by atoms with van der Waals surface area (Å²) in [6.07, 6.45) is 4.58. The Morgan fingerprint density at radius 3 is 2.82 bits per heavy atom. The van der Waals surface area contributed by atoms with Gasteiger partial charge in [0.05, 0.1) is 12.4 Å². The topological polar surface area (TPSA) is 81.3 Å². The first-order valence-corrected chi connectivity index (χ1v) is 5.61. The molecule has 0 saturated carbocycles. The molecule has 1 aliphatic heterocycles. The Bertz CT molecular complexity index is 404. The number of hydrogen-bond acceptors (Lipinski definition) is 5. The van der Waals surface area contributed by atoms with Crippen LogP contribution in [-0.2, 0) is 4.74 Å². The van der Waals surface area contributed by atoms with Crippen LogP contribution < -0.4 is 5.73 Å². The molecule has 0 aliphatic carbocycles. The maximum absolute atomic E-state index is 12.1. The smallest absolute Gasteiger partial charge is 0.274 e. The summed E-state index contributed by atoms with van der Waals surface area (Å²) < 4.78 is 5.27. The molecule has 0 aromatic carbocycles. The number of anilines is 1. The normalized spacial score (nSPS) is 16.8. The fraction of sp³-hybridized carbons (Fsp3) is 0.545. The van der Waals surface area contributed by atoms with Crippen LogP contribution in [0.25, 0.3) is 0 Å². The predicted molar refractivity (Wildman–Crippen MR) is 62.4 cm³/mol. The summed E-state index contributed by atoms with van der Waals surface area (Å²) in [7, 11) is 1.78. The third-order valence-corrected chi connectivity index (χ3v) is 2.93. The third-order valence-electron chi connectivity index (χ3n) is 2.93. The minimum Gasteiger partial charge on any atom is -0.382 e. The highest BCUT2D eigenvalue weighted by Gasteiger charge is 2.24. The molecule has 92 valence electrons. The molecular weight excluding hydrogens is 220 g/mol. The van der Waals surface area contributed by atoms with Crippen molar-refractivity contribution in [2.75, 3.05) is 26.0 Å². The average Bonchev–Trinajstić information content (AvgIpc) is 2.38. The predicted octanol–water partition coefficient (Wildman–Crippen LogP) is 0.310. The van der Waals surface area contributed by atoms with E-state index in [0.717, 1.165) is 12.8 Å². The Morgan fingerprint density at radius 1 is 1.47 bits per heavy atom. The molecule has 0 bridgehead atoms. The highest BCUT2D eigenvalue weighted by molar-refractivity contribution is 5.92. The Hall–Kier alpha value is -1.69. The molecule has 1 aliphatic rings. The molecule has 1 aromatic heterocycles. The van der Waals surface area contributed by atoms with Crippen LogP contribution >= 0.6 is 0 Å². The van der Waals surface area contributed by atoms with Gasteiger partial charge in [0.1, 0.15) is 11.5 Å². The summed E-state index contributed by atoms with van der Waals surface area (Å²) in [5.41, 5.74) is 5.80. The number of hydrogen-bond donors (Lipinski definition) is 1. The summed E-state index contributed by atoms with van der Waals surface area (Å²) in [5, 5.41) is 0. The first kappa shape index (κ1) is 11.8. The number of rotatable bonds is 2. The zero-order chi connectivity index (χ0) is 12.3. The molecule has 0 radical (unpaired) electrons. The van der Waals surface area contributed by atoms with E-state index in [0.29, 0.717) is 18.9 Å². The lowest BCUT2D eigenvalue weighted by Gasteiger charge is -2.30. The van der Waals surface area contributed by atoms with E-state index in [2.05, 4.69) is 9.97 Å². The van der Waals surface area contributed by atoms with Crippen LogP contribution in [0, 0.1) is 0 Å². The van der Waals surface area contributed by atoms with Crippen molar-refractivity contribution in [3.8, 4) is 0 Å². The zero-order valence-corrected chi connectivity index (χ0v) is 9.80. The lowest BCUT2D eigenvalue weighted by Crippen LogP contribution is -2.41. The largest absolute Gasteiger partial charge is 0.382 e. The van der Waals surface area contributed by atoms with Gasteiger partial charge in [0.2, 0.25) is 0 Å². The van der Waals surface area contributed by atoms with Crippen molar-refractivity contribution in [3.05, 3.63) is 18.1 Å². The van der Waals surface area contributed by atoms with E-state index in [1.165, 1.54) is 12.4 Å². The number of nitrogens with two attached hydrogens (primary N) is 1. The highest BCUT2D eigenvalue weighted by Crippen LogP contribution is 2.14. The Morgan fingerprint density at radius 2 is 2.18 bits per heavy atom. The fourth-order valence-electron chi connectivity index (χ4n) is 1.90. The molecule has 0 unspecified atom stereocenters. The molecular formula is C11H16N4O2. The molecule has 0 spiro atoms. The second-order valence-electron chi connectivity index (χ2n) is 4.09. The number of ether oxygens (including phenoxy) is 1. The highest BCUT2D eigenvalue weighted by atomic mass is 16.5. The molecule has 6 heteroatoms. The quantitative estimate of drug-likeness (QED) is 0.799. The second-order valence-corrected chi connectivity index (χ2v) is 4.09. The minimum absolute atomic E-state index is 0.142. The van der Waals surface area contributed by atoms with E-state index in [9.17, 15) is 4.79 Å². The third kappa shape index (κ3) is 2.71. The van der Waals surface area contributed by atoms with Crippen molar-refractivity contribution in [1.29, 1.82) is 0 Å². The number of aromatic nitrogens is 2. The van der Waals surface area contributed by atoms with Gasteiger partial charge in [0, 0.05) is 26.3 Å². The van der Waals surface area contributed by atoms with E-state index in [-0.39, 0.29) is 17.8 Å². The van der Waals surface area contributed by atoms with E-state index in [1.807, 2.05) is 0 Å². The number of nitrogens with zero attached hydrogens (tertiary/aromatic N) is 3. The van der Waals surface area contributed by atoms with Crippen LogP contribution in [-0.4, -0.2) is 47.1 Å². The van der Waals surface area contributed by atoms with Crippen LogP contribution in [0.5, 0.6) is 0 Å². The van der Waals surface area contributed by atoms with Gasteiger partial charge >= 0.3 is 0 Å². The van der Waals surface area contributed by atoms with Gasteiger partial charge in [-0.2, -0.15) is 0 Å². The number of carbonyl (C=O) groups is 1. The second kappa shape index (κ2) is 5.09. The maximum atomic E-state index is 12.1. The van der Waals surface area contributed by atoms with Crippen molar-refractivity contribution >= 4 is 11.7 Å². The van der Waals surface area contributed by atoms with Crippen LogP contribution in [0.15, 0.2) is 12.4 Å². The number of amides is 1. The van der Waals surface area contributed by atoms with Gasteiger partial charge in [0.15, 0.2) is 0 Å². The van der Waals surface area contributed by atoms with Gasteiger partial charge in [-0.25, -0.2) is 4.98 Å². The summed E-state index contributed by atoms with van der Waals surface area (Å²) in [6, 6.07) is 0.208. The molecule has 1 amide bonds. The van der Waals surface area contributed by atoms with Gasteiger partial charge in [-0.15, -0.1) is 0 Å². The average molecular weight is 236 g/mol. The molecule has 6 nitrogen and oxygen atoms in total. The van der Waals surface area contributed by atoms with Gasteiger partial charge in [-0.1, -0.05) is 0 Å². The summed E-state index contributed by atoms with van der Waals surface area (Å²) in [5.74, 6) is 0.118. The monoisotopic (exact) mass is 236 g/mol. The standard InChI is InChI=1S/C11H16N4O2/c1-15(8-2-4-17-5-3-8)11(16)9-6-13-7-10(12)14-9/h6-8H,2-5H2,1H3,(H2,12,14). The lowest BCUT2D eigenvalue weighted by atomic mass is 10.1. The summed E-state index contributed by atoms with van der Waals surface area (Å²) in [4.78, 5) is 21.7. The van der Waals surface area contributed by atoms with Crippen molar-refractivity contribution < 1.29 is 9.53 Å². The Balaban J connectivity index is 2.08. The molecule has 2 rings (SSSR count). The van der Waals surface area contributed by atoms with Crippen molar-refractivity contribution in [1.82, 2.24) is 14.9 Å². The lowest BCUT2D eigenvalue weighted by molar-refractivity contribution is 0.0358. The summed E-state index contributed by atoms with van der Waals surface area (Å²) in [6.45, 7) is 1.40. The van der Waals surface area contributed by atoms with Crippen LogP contribution in [0.1, 0.15) is 23.3 Å². The van der Waals surface area contributed by atoms with Gasteiger partial charge in [0.25, 0.3) is 5.91 Å². The zero-order valence-electron chi connectivity index (χ0n) is 9.80. The van der Waals surface area contributed by atoms with E-state index < -0.39 is 0 Å². The SMILES string of the molecule is CN(C(=O)c1cncc(N)n1)C1CCOCC1. The van der Waals surface area contributed by atoms with Crippen LogP contribution in [0.2, 0.25) is 0 Å². The summed E-state index contributed by atoms with van der Waals surface area (Å²) >= 11 is 0. The molecule has 1 aromatic rings. The van der Waals surface area contributed by atoms with E-state index in [4.69, 9.17) is 10.5 Å². The molecule has 2 heterocycles. The van der Waals surface area contributed by atoms with E-state index in [1.54, 1.807) is 11.9 Å². The van der Waals surface area contributed by atoms with Gasteiger partial charge < -0.3 is 15.4 Å². The Kier molecular flexibility index (Phi) is 3.53. The molecule has 17 heavy (non-hydrogen) atoms. The maximum Gasteiger partial charge on any atom is 0.274 e. The first-order valence-electron chi connectivity index (χ1n) is 5.61. The van der Waals surface area contributed by atoms with Crippen LogP contribution in [0.4, 0.5) is 5.82 Å². The van der Waals surface area contributed by atoms with Gasteiger partial charge in [-0.3, -0.25) is 9.78 Å². The molecule has 2 N–H and O–H groups in total. The van der Waals surface area contributed by atoms with Crippen LogP contribution in [0.3, 0.4) is 0 Å². The fourth-order valence-corrected chi connectivity index (χ4v) is 1.90. The van der Waals surface area contributed by atoms with Crippen molar-refractivity contribution in [2.24, 2.45) is 0 Å².